The fraction of sp³-hybridized carbons (Fsp3) is 0.412. The first-order valence-corrected chi connectivity index (χ1v) is 8.04. The molecule has 0 saturated heterocycles. The Labute approximate surface area is 130 Å². The van der Waals surface area contributed by atoms with Crippen molar-refractivity contribution in [2.24, 2.45) is 0 Å². The summed E-state index contributed by atoms with van der Waals surface area (Å²) in [6.07, 6.45) is 2.80. The second-order valence-corrected chi connectivity index (χ2v) is 6.58. The van der Waals surface area contributed by atoms with Gasteiger partial charge >= 0.3 is 0 Å². The highest BCUT2D eigenvalue weighted by Gasteiger charge is 2.13. The number of rotatable bonds is 6. The van der Waals surface area contributed by atoms with E-state index in [1.807, 2.05) is 18.3 Å². The molecule has 0 bridgehead atoms. The van der Waals surface area contributed by atoms with Gasteiger partial charge in [0, 0.05) is 30.9 Å². The molecule has 0 aromatic carbocycles. The largest absolute Gasteiger partial charge is 0.299 e. The van der Waals surface area contributed by atoms with Crippen LogP contribution < -0.4 is 0 Å². The van der Waals surface area contributed by atoms with Crippen molar-refractivity contribution >= 4 is 17.1 Å². The van der Waals surface area contributed by atoms with E-state index in [9.17, 15) is 4.79 Å². The number of aryl methyl sites for hydroxylation is 1. The first-order valence-electron chi connectivity index (χ1n) is 7.16. The van der Waals surface area contributed by atoms with Gasteiger partial charge in [0.05, 0.1) is 4.88 Å². The number of carbonyl (C=O) groups excluding carboxylic acids is 1. The van der Waals surface area contributed by atoms with E-state index in [4.69, 9.17) is 0 Å². The number of Topliss-reactive ketones (excluding diaryl/α,β-unsaturated/α-hetero) is 1. The molecule has 0 aliphatic carbocycles. The van der Waals surface area contributed by atoms with Crippen LogP contribution in [0.1, 0.15) is 40.3 Å². The normalized spacial score (nSPS) is 12.6. The number of thiophene rings is 1. The van der Waals surface area contributed by atoms with Gasteiger partial charge in [-0.1, -0.05) is 0 Å². The van der Waals surface area contributed by atoms with Gasteiger partial charge < -0.3 is 0 Å². The summed E-state index contributed by atoms with van der Waals surface area (Å²) >= 11 is 1.53. The van der Waals surface area contributed by atoms with E-state index in [-0.39, 0.29) is 5.78 Å². The van der Waals surface area contributed by atoms with Gasteiger partial charge in [-0.3, -0.25) is 14.7 Å². The van der Waals surface area contributed by atoms with Crippen LogP contribution in [0.3, 0.4) is 0 Å². The zero-order chi connectivity index (χ0) is 15.4. The molecule has 0 amide bonds. The summed E-state index contributed by atoms with van der Waals surface area (Å²) in [6.45, 7) is 6.78. The molecule has 21 heavy (non-hydrogen) atoms. The Balaban J connectivity index is 1.95. The first kappa shape index (κ1) is 15.9. The molecule has 1 atom stereocenters. The number of carbonyl (C=O) groups is 1. The number of hydrogen-bond acceptors (Lipinski definition) is 4. The minimum atomic E-state index is 0.144. The van der Waals surface area contributed by atoms with Crippen LogP contribution in [0.4, 0.5) is 0 Å². The third-order valence-corrected chi connectivity index (χ3v) is 4.74. The maximum atomic E-state index is 11.3. The molecule has 0 unspecified atom stereocenters. The van der Waals surface area contributed by atoms with Crippen LogP contribution in [-0.4, -0.2) is 28.8 Å². The molecule has 0 fully saturated rings. The molecule has 0 radical (unpaired) electrons. The third kappa shape index (κ3) is 4.48. The Morgan fingerprint density at radius 1 is 1.43 bits per heavy atom. The summed E-state index contributed by atoms with van der Waals surface area (Å²) in [5.74, 6) is 0.144. The van der Waals surface area contributed by atoms with E-state index in [2.05, 4.69) is 42.2 Å². The van der Waals surface area contributed by atoms with Crippen LogP contribution in [0.5, 0.6) is 0 Å². The van der Waals surface area contributed by atoms with Gasteiger partial charge in [-0.25, -0.2) is 0 Å². The van der Waals surface area contributed by atoms with Crippen LogP contribution in [0.15, 0.2) is 29.8 Å². The number of aromatic nitrogens is 1. The van der Waals surface area contributed by atoms with E-state index in [1.54, 1.807) is 6.92 Å². The molecule has 112 valence electrons. The number of hydrogen-bond donors (Lipinski definition) is 0. The molecule has 0 aliphatic heterocycles. The smallest absolute Gasteiger partial charge is 0.169 e. The van der Waals surface area contributed by atoms with Gasteiger partial charge in [0.15, 0.2) is 5.78 Å². The second kappa shape index (κ2) is 6.96. The van der Waals surface area contributed by atoms with Crippen LogP contribution in [-0.2, 0) is 13.0 Å². The summed E-state index contributed by atoms with van der Waals surface area (Å²) in [4.78, 5) is 18.9. The van der Waals surface area contributed by atoms with Crippen LogP contribution >= 0.6 is 11.3 Å². The summed E-state index contributed by atoms with van der Waals surface area (Å²) in [5.41, 5.74) is 3.58. The van der Waals surface area contributed by atoms with Crippen LogP contribution in [0.25, 0.3) is 0 Å². The molecular weight excluding hydrogens is 280 g/mol. The highest BCUT2D eigenvalue weighted by Crippen LogP contribution is 2.18. The van der Waals surface area contributed by atoms with Gasteiger partial charge in [-0.05, 0) is 62.5 Å². The Bertz CT molecular complexity index is 621. The Morgan fingerprint density at radius 3 is 2.81 bits per heavy atom. The third-order valence-electron chi connectivity index (χ3n) is 3.66. The molecular formula is C17H22N2OS. The molecule has 2 aromatic rings. The van der Waals surface area contributed by atoms with Gasteiger partial charge in [0.1, 0.15) is 0 Å². The van der Waals surface area contributed by atoms with Crippen molar-refractivity contribution in [2.45, 2.75) is 39.8 Å². The SMILES string of the molecule is CC(=O)c1cc(CN(C)[C@@H](C)Cc2cc(C)ccn2)cs1. The molecule has 0 aliphatic rings. The first-order chi connectivity index (χ1) is 9.95. The van der Waals surface area contributed by atoms with Gasteiger partial charge in [0.2, 0.25) is 0 Å². The number of pyridine rings is 1. The average Bonchev–Trinajstić information content (AvgIpc) is 2.87. The van der Waals surface area contributed by atoms with E-state index < -0.39 is 0 Å². The zero-order valence-corrected chi connectivity index (χ0v) is 13.9. The Hall–Kier alpha value is -1.52. The van der Waals surface area contributed by atoms with Gasteiger partial charge in [0.25, 0.3) is 0 Å². The number of likely N-dealkylation sites (N-methyl/N-ethyl adjacent to an activating group) is 1. The van der Waals surface area contributed by atoms with Crippen LogP contribution in [0, 0.1) is 6.92 Å². The van der Waals surface area contributed by atoms with Crippen molar-refractivity contribution in [3.63, 3.8) is 0 Å². The minimum Gasteiger partial charge on any atom is -0.299 e. The number of ketones is 1. The van der Waals surface area contributed by atoms with Gasteiger partial charge in [-0.2, -0.15) is 0 Å². The van der Waals surface area contributed by atoms with Crippen molar-refractivity contribution in [3.05, 3.63) is 51.5 Å². The summed E-state index contributed by atoms with van der Waals surface area (Å²) in [5, 5.41) is 2.07. The highest BCUT2D eigenvalue weighted by atomic mass is 32.1. The molecule has 0 N–H and O–H groups in total. The fourth-order valence-corrected chi connectivity index (χ4v) is 3.06. The lowest BCUT2D eigenvalue weighted by molar-refractivity contribution is 0.102. The van der Waals surface area contributed by atoms with Crippen LogP contribution in [0.2, 0.25) is 0 Å². The predicted molar refractivity (Wildman–Crippen MR) is 87.9 cm³/mol. The van der Waals surface area contributed by atoms with E-state index in [0.717, 1.165) is 23.5 Å². The molecule has 0 saturated carbocycles. The summed E-state index contributed by atoms with van der Waals surface area (Å²) < 4.78 is 0. The molecule has 2 aromatic heterocycles. The fourth-order valence-electron chi connectivity index (χ4n) is 2.26. The van der Waals surface area contributed by atoms with E-state index >= 15 is 0 Å². The summed E-state index contributed by atoms with van der Waals surface area (Å²) in [6, 6.07) is 6.57. The Kier molecular flexibility index (Phi) is 5.26. The molecule has 4 heteroatoms. The lowest BCUT2D eigenvalue weighted by Crippen LogP contribution is -2.30. The maximum Gasteiger partial charge on any atom is 0.169 e. The van der Waals surface area contributed by atoms with Crippen molar-refractivity contribution in [1.82, 2.24) is 9.88 Å². The molecule has 2 rings (SSSR count). The quantitative estimate of drug-likeness (QED) is 0.763. The lowest BCUT2D eigenvalue weighted by atomic mass is 10.1. The minimum absolute atomic E-state index is 0.144. The monoisotopic (exact) mass is 302 g/mol. The maximum absolute atomic E-state index is 11.3. The van der Waals surface area contributed by atoms with E-state index in [0.29, 0.717) is 6.04 Å². The van der Waals surface area contributed by atoms with Crippen molar-refractivity contribution in [2.75, 3.05) is 7.05 Å². The van der Waals surface area contributed by atoms with Crippen molar-refractivity contribution in [3.8, 4) is 0 Å². The predicted octanol–water partition coefficient (Wildman–Crippen LogP) is 3.72. The average molecular weight is 302 g/mol. The van der Waals surface area contributed by atoms with Gasteiger partial charge in [-0.15, -0.1) is 11.3 Å². The Morgan fingerprint density at radius 2 is 2.19 bits per heavy atom. The van der Waals surface area contributed by atoms with Crippen molar-refractivity contribution < 1.29 is 4.79 Å². The standard InChI is InChI=1S/C17H22N2OS/c1-12-5-6-18-16(7-12)8-13(2)19(4)10-15-9-17(14(3)20)21-11-15/h5-7,9,11,13H,8,10H2,1-4H3/t13-/m0/s1. The summed E-state index contributed by atoms with van der Waals surface area (Å²) in [7, 11) is 2.12. The topological polar surface area (TPSA) is 33.2 Å². The van der Waals surface area contributed by atoms with E-state index in [1.165, 1.54) is 22.5 Å². The highest BCUT2D eigenvalue weighted by molar-refractivity contribution is 7.12. The number of nitrogens with zero attached hydrogens (tertiary/aromatic N) is 2. The molecule has 3 nitrogen and oxygen atoms in total. The zero-order valence-electron chi connectivity index (χ0n) is 13.1. The second-order valence-electron chi connectivity index (χ2n) is 5.67. The van der Waals surface area contributed by atoms with Crippen molar-refractivity contribution in [1.29, 1.82) is 0 Å². The lowest BCUT2D eigenvalue weighted by Gasteiger charge is -2.24. The molecule has 2 heterocycles. The molecule has 0 spiro atoms.